The molecule has 0 aromatic heterocycles. The number of rotatable bonds is 5. The SMILES string of the molecule is O=C(O)c1ccc(NSCc2ccccc2)cc1. The van der Waals surface area contributed by atoms with Gasteiger partial charge in [-0.25, -0.2) is 4.79 Å². The van der Waals surface area contributed by atoms with Gasteiger partial charge in [0.1, 0.15) is 0 Å². The molecule has 18 heavy (non-hydrogen) atoms. The summed E-state index contributed by atoms with van der Waals surface area (Å²) in [6, 6.07) is 16.9. The van der Waals surface area contributed by atoms with E-state index >= 15 is 0 Å². The number of carboxylic acids is 1. The molecule has 92 valence electrons. The fourth-order valence-electron chi connectivity index (χ4n) is 1.46. The van der Waals surface area contributed by atoms with Crippen LogP contribution in [-0.2, 0) is 5.75 Å². The van der Waals surface area contributed by atoms with Crippen molar-refractivity contribution in [1.29, 1.82) is 0 Å². The summed E-state index contributed by atoms with van der Waals surface area (Å²) in [4.78, 5) is 10.7. The molecule has 0 atom stereocenters. The smallest absolute Gasteiger partial charge is 0.335 e. The summed E-state index contributed by atoms with van der Waals surface area (Å²) in [6.07, 6.45) is 0. The van der Waals surface area contributed by atoms with Crippen molar-refractivity contribution in [1.82, 2.24) is 0 Å². The molecular weight excluding hydrogens is 246 g/mol. The van der Waals surface area contributed by atoms with E-state index < -0.39 is 5.97 Å². The standard InChI is InChI=1S/C14H13NO2S/c16-14(17)12-6-8-13(9-7-12)15-18-10-11-4-2-1-3-5-11/h1-9,15H,10H2,(H,16,17). The summed E-state index contributed by atoms with van der Waals surface area (Å²) in [5.74, 6) is -0.0416. The number of hydrogen-bond acceptors (Lipinski definition) is 3. The summed E-state index contributed by atoms with van der Waals surface area (Å²) in [6.45, 7) is 0. The Balaban J connectivity index is 1.85. The molecule has 2 rings (SSSR count). The Morgan fingerprint density at radius 3 is 2.33 bits per heavy atom. The third-order valence-corrected chi connectivity index (χ3v) is 3.26. The van der Waals surface area contributed by atoms with Crippen molar-refractivity contribution in [2.75, 3.05) is 4.72 Å². The lowest BCUT2D eigenvalue weighted by atomic mass is 10.2. The van der Waals surface area contributed by atoms with Gasteiger partial charge < -0.3 is 9.83 Å². The first-order chi connectivity index (χ1) is 8.75. The fraction of sp³-hybridized carbons (Fsp3) is 0.0714. The molecule has 0 saturated heterocycles. The van der Waals surface area contributed by atoms with Gasteiger partial charge in [-0.05, 0) is 41.8 Å². The van der Waals surface area contributed by atoms with E-state index in [0.717, 1.165) is 11.4 Å². The Hall–Kier alpha value is -1.94. The van der Waals surface area contributed by atoms with Gasteiger partial charge in [0.05, 0.1) is 5.56 Å². The Labute approximate surface area is 110 Å². The summed E-state index contributed by atoms with van der Waals surface area (Å²) >= 11 is 1.58. The van der Waals surface area contributed by atoms with E-state index in [9.17, 15) is 4.79 Å². The summed E-state index contributed by atoms with van der Waals surface area (Å²) in [7, 11) is 0. The number of carbonyl (C=O) groups is 1. The molecule has 0 bridgehead atoms. The first-order valence-electron chi connectivity index (χ1n) is 5.51. The average Bonchev–Trinajstić information content (AvgIpc) is 2.40. The molecule has 0 spiro atoms. The summed E-state index contributed by atoms with van der Waals surface area (Å²) in [5.41, 5.74) is 2.45. The van der Waals surface area contributed by atoms with Crippen molar-refractivity contribution in [3.63, 3.8) is 0 Å². The molecule has 0 unspecified atom stereocenters. The zero-order chi connectivity index (χ0) is 12.8. The monoisotopic (exact) mass is 259 g/mol. The molecule has 0 aliphatic rings. The van der Waals surface area contributed by atoms with E-state index in [1.165, 1.54) is 5.56 Å². The molecule has 0 saturated carbocycles. The van der Waals surface area contributed by atoms with Crippen LogP contribution in [-0.4, -0.2) is 11.1 Å². The minimum absolute atomic E-state index is 0.300. The van der Waals surface area contributed by atoms with Crippen LogP contribution in [0.25, 0.3) is 0 Å². The van der Waals surface area contributed by atoms with Gasteiger partial charge in [0.2, 0.25) is 0 Å². The van der Waals surface area contributed by atoms with Crippen molar-refractivity contribution in [3.05, 3.63) is 65.7 Å². The lowest BCUT2D eigenvalue weighted by molar-refractivity contribution is 0.0697. The predicted octanol–water partition coefficient (Wildman–Crippen LogP) is 3.65. The van der Waals surface area contributed by atoms with Crippen LogP contribution in [0.15, 0.2) is 54.6 Å². The van der Waals surface area contributed by atoms with Crippen molar-refractivity contribution >= 4 is 23.6 Å². The molecule has 0 radical (unpaired) electrons. The first-order valence-corrected chi connectivity index (χ1v) is 6.49. The molecule has 2 aromatic carbocycles. The van der Waals surface area contributed by atoms with Crippen molar-refractivity contribution in [3.8, 4) is 0 Å². The third kappa shape index (κ3) is 3.53. The van der Waals surface area contributed by atoms with E-state index in [1.807, 2.05) is 18.2 Å². The Morgan fingerprint density at radius 2 is 1.72 bits per heavy atom. The minimum atomic E-state index is -0.904. The zero-order valence-electron chi connectivity index (χ0n) is 9.67. The molecule has 4 heteroatoms. The number of benzene rings is 2. The fourth-order valence-corrected chi connectivity index (χ4v) is 2.19. The van der Waals surface area contributed by atoms with Crippen LogP contribution in [0.5, 0.6) is 0 Å². The van der Waals surface area contributed by atoms with Gasteiger partial charge in [-0.1, -0.05) is 30.3 Å². The van der Waals surface area contributed by atoms with Gasteiger partial charge in [-0.3, -0.25) is 0 Å². The van der Waals surface area contributed by atoms with Crippen LogP contribution >= 0.6 is 11.9 Å². The molecule has 0 aliphatic heterocycles. The van der Waals surface area contributed by atoms with E-state index in [4.69, 9.17) is 5.11 Å². The highest BCUT2D eigenvalue weighted by atomic mass is 32.2. The number of nitrogens with one attached hydrogen (secondary N) is 1. The molecule has 0 fully saturated rings. The molecule has 3 nitrogen and oxygen atoms in total. The van der Waals surface area contributed by atoms with Gasteiger partial charge in [0, 0.05) is 11.4 Å². The second kappa shape index (κ2) is 6.12. The van der Waals surface area contributed by atoms with Crippen LogP contribution < -0.4 is 4.72 Å². The van der Waals surface area contributed by atoms with Crippen LogP contribution in [0.3, 0.4) is 0 Å². The second-order valence-corrected chi connectivity index (χ2v) is 4.54. The maximum Gasteiger partial charge on any atom is 0.335 e. The van der Waals surface area contributed by atoms with Crippen LogP contribution in [0.4, 0.5) is 5.69 Å². The van der Waals surface area contributed by atoms with E-state index in [-0.39, 0.29) is 0 Å². The highest BCUT2D eigenvalue weighted by molar-refractivity contribution is 7.99. The number of aromatic carboxylic acids is 1. The molecule has 2 N–H and O–H groups in total. The van der Waals surface area contributed by atoms with Crippen molar-refractivity contribution < 1.29 is 9.90 Å². The zero-order valence-corrected chi connectivity index (χ0v) is 10.5. The quantitative estimate of drug-likeness (QED) is 0.805. The second-order valence-electron chi connectivity index (χ2n) is 3.76. The Morgan fingerprint density at radius 1 is 1.06 bits per heavy atom. The largest absolute Gasteiger partial charge is 0.478 e. The van der Waals surface area contributed by atoms with Gasteiger partial charge in [-0.2, -0.15) is 0 Å². The molecule has 0 amide bonds. The van der Waals surface area contributed by atoms with E-state index in [2.05, 4.69) is 16.9 Å². The average molecular weight is 259 g/mol. The lowest BCUT2D eigenvalue weighted by Gasteiger charge is -2.05. The number of anilines is 1. The third-order valence-electron chi connectivity index (χ3n) is 2.40. The van der Waals surface area contributed by atoms with Crippen LogP contribution in [0.1, 0.15) is 15.9 Å². The van der Waals surface area contributed by atoms with Crippen molar-refractivity contribution in [2.24, 2.45) is 0 Å². The number of hydrogen-bond donors (Lipinski definition) is 2. The lowest BCUT2D eigenvalue weighted by Crippen LogP contribution is -1.96. The van der Waals surface area contributed by atoms with E-state index in [0.29, 0.717) is 5.56 Å². The normalized spacial score (nSPS) is 10.0. The van der Waals surface area contributed by atoms with E-state index in [1.54, 1.807) is 36.2 Å². The van der Waals surface area contributed by atoms with Crippen LogP contribution in [0, 0.1) is 0 Å². The molecule has 0 aliphatic carbocycles. The van der Waals surface area contributed by atoms with Gasteiger partial charge in [0.25, 0.3) is 0 Å². The Bertz CT molecular complexity index is 511. The topological polar surface area (TPSA) is 49.3 Å². The molecule has 2 aromatic rings. The van der Waals surface area contributed by atoms with Gasteiger partial charge in [0.15, 0.2) is 0 Å². The highest BCUT2D eigenvalue weighted by Gasteiger charge is 2.01. The van der Waals surface area contributed by atoms with Gasteiger partial charge in [-0.15, -0.1) is 0 Å². The Kier molecular flexibility index (Phi) is 4.25. The van der Waals surface area contributed by atoms with Crippen LogP contribution in [0.2, 0.25) is 0 Å². The summed E-state index contributed by atoms with van der Waals surface area (Å²) < 4.78 is 3.18. The maximum atomic E-state index is 10.7. The highest BCUT2D eigenvalue weighted by Crippen LogP contribution is 2.17. The number of carboxylic acid groups (broad SMARTS) is 1. The van der Waals surface area contributed by atoms with Gasteiger partial charge >= 0.3 is 5.97 Å². The first kappa shape index (κ1) is 12.5. The molecular formula is C14H13NO2S. The minimum Gasteiger partial charge on any atom is -0.478 e. The predicted molar refractivity (Wildman–Crippen MR) is 74.8 cm³/mol. The van der Waals surface area contributed by atoms with Crippen molar-refractivity contribution in [2.45, 2.75) is 5.75 Å². The molecule has 0 heterocycles. The summed E-state index contributed by atoms with van der Waals surface area (Å²) in [5, 5.41) is 8.77. The maximum absolute atomic E-state index is 10.7.